The van der Waals surface area contributed by atoms with Crippen LogP contribution in [0.1, 0.15) is 37.5 Å². The van der Waals surface area contributed by atoms with Gasteiger partial charge >= 0.3 is 0 Å². The Morgan fingerprint density at radius 1 is 0.500 bits per heavy atom. The zero-order valence-corrected chi connectivity index (χ0v) is 20.5. The van der Waals surface area contributed by atoms with Crippen LogP contribution in [0.2, 0.25) is 0 Å². The summed E-state index contributed by atoms with van der Waals surface area (Å²) in [6.45, 7) is 5.65. The topological polar surface area (TPSA) is 80.9 Å². The minimum atomic E-state index is -0.500. The minimum Gasteiger partial charge on any atom is -0.392 e. The second-order valence-corrected chi connectivity index (χ2v) is 7.10. The molecule has 0 fully saturated rings. The van der Waals surface area contributed by atoms with Crippen molar-refractivity contribution in [2.45, 2.75) is 46.2 Å². The summed E-state index contributed by atoms with van der Waals surface area (Å²) in [5.41, 5.74) is 2.40. The van der Waals surface area contributed by atoms with Gasteiger partial charge in [0.1, 0.15) is 0 Å². The van der Waals surface area contributed by atoms with Gasteiger partial charge in [-0.2, -0.15) is 0 Å². The molecule has 5 heteroatoms. The van der Waals surface area contributed by atoms with E-state index in [0.29, 0.717) is 0 Å². The standard InChI is InChI=1S/3C7H8O.C4H10O.Zr/c3*8-6-7-4-2-1-3-5-7;1-4(2,3)5;/h3*1-5,8H,6H2;5H,1-3H3;. The quantitative estimate of drug-likeness (QED) is 0.442. The van der Waals surface area contributed by atoms with Gasteiger partial charge in [-0.1, -0.05) is 91.0 Å². The summed E-state index contributed by atoms with van der Waals surface area (Å²) < 4.78 is 0. The van der Waals surface area contributed by atoms with Crippen LogP contribution in [0.3, 0.4) is 0 Å². The molecule has 0 spiro atoms. The van der Waals surface area contributed by atoms with Crippen LogP contribution in [0, 0.1) is 0 Å². The first kappa shape index (κ1) is 30.6. The largest absolute Gasteiger partial charge is 0.392 e. The summed E-state index contributed by atoms with van der Waals surface area (Å²) in [6.07, 6.45) is 0. The zero-order valence-electron chi connectivity index (χ0n) is 18.1. The Bertz CT molecular complexity index is 614. The summed E-state index contributed by atoms with van der Waals surface area (Å²) in [5, 5.41) is 34.1. The Kier molecular flexibility index (Phi) is 19.7. The maximum Gasteiger partial charge on any atom is 0.0681 e. The van der Waals surface area contributed by atoms with E-state index in [0.717, 1.165) is 16.7 Å². The predicted octanol–water partition coefficient (Wildman–Crippen LogP) is 4.31. The van der Waals surface area contributed by atoms with E-state index in [2.05, 4.69) is 0 Å². The van der Waals surface area contributed by atoms with Gasteiger partial charge in [-0.05, 0) is 37.5 Å². The number of benzene rings is 3. The summed E-state index contributed by atoms with van der Waals surface area (Å²) in [6, 6.07) is 28.6. The molecule has 0 saturated carbocycles. The Morgan fingerprint density at radius 3 is 0.767 bits per heavy atom. The van der Waals surface area contributed by atoms with Crippen LogP contribution in [0.15, 0.2) is 91.0 Å². The normalized spacial score (nSPS) is 9.30. The van der Waals surface area contributed by atoms with Crippen LogP contribution in [-0.4, -0.2) is 26.0 Å². The fourth-order valence-corrected chi connectivity index (χ4v) is 1.75. The van der Waals surface area contributed by atoms with E-state index in [1.54, 1.807) is 20.8 Å². The Hall–Kier alpha value is -1.62. The van der Waals surface area contributed by atoms with Crippen molar-refractivity contribution in [2.24, 2.45) is 0 Å². The molecule has 0 aliphatic rings. The third-order valence-corrected chi connectivity index (χ3v) is 3.08. The molecule has 162 valence electrons. The Balaban J connectivity index is 0. The van der Waals surface area contributed by atoms with Gasteiger partial charge in [0.05, 0.1) is 25.4 Å². The zero-order chi connectivity index (χ0) is 22.0. The van der Waals surface area contributed by atoms with Crippen molar-refractivity contribution >= 4 is 0 Å². The van der Waals surface area contributed by atoms with Crippen LogP contribution in [-0.2, 0) is 46.0 Å². The third-order valence-electron chi connectivity index (χ3n) is 3.08. The van der Waals surface area contributed by atoms with E-state index in [9.17, 15) is 0 Å². The molecule has 0 saturated heterocycles. The predicted molar refractivity (Wildman–Crippen MR) is 119 cm³/mol. The molecule has 0 atom stereocenters. The van der Waals surface area contributed by atoms with Crippen LogP contribution in [0.25, 0.3) is 0 Å². The van der Waals surface area contributed by atoms with Crippen LogP contribution in [0.4, 0.5) is 0 Å². The number of hydrogen-bond donors (Lipinski definition) is 4. The molecular formula is C25H34O4Zr. The molecule has 4 N–H and O–H groups in total. The van der Waals surface area contributed by atoms with E-state index in [4.69, 9.17) is 20.4 Å². The maximum absolute atomic E-state index is 8.54. The Morgan fingerprint density at radius 2 is 0.667 bits per heavy atom. The van der Waals surface area contributed by atoms with Gasteiger partial charge in [0.2, 0.25) is 0 Å². The molecule has 0 aliphatic carbocycles. The van der Waals surface area contributed by atoms with Crippen molar-refractivity contribution < 1.29 is 46.6 Å². The molecule has 3 aromatic carbocycles. The average molecular weight is 490 g/mol. The first-order valence-electron chi connectivity index (χ1n) is 9.47. The molecule has 0 aliphatic heterocycles. The van der Waals surface area contributed by atoms with Crippen molar-refractivity contribution in [1.82, 2.24) is 0 Å². The van der Waals surface area contributed by atoms with Crippen molar-refractivity contribution in [2.75, 3.05) is 0 Å². The van der Waals surface area contributed by atoms with E-state index < -0.39 is 5.60 Å². The summed E-state index contributed by atoms with van der Waals surface area (Å²) >= 11 is 0. The van der Waals surface area contributed by atoms with Crippen LogP contribution < -0.4 is 0 Å². The monoisotopic (exact) mass is 488 g/mol. The van der Waals surface area contributed by atoms with Crippen molar-refractivity contribution in [3.63, 3.8) is 0 Å². The minimum absolute atomic E-state index is 0. The van der Waals surface area contributed by atoms with Gasteiger partial charge in [0.15, 0.2) is 0 Å². The second-order valence-electron chi connectivity index (χ2n) is 7.10. The smallest absolute Gasteiger partial charge is 0.0681 e. The number of aliphatic hydroxyl groups is 4. The van der Waals surface area contributed by atoms with E-state index in [1.165, 1.54) is 0 Å². The Labute approximate surface area is 200 Å². The number of aliphatic hydroxyl groups excluding tert-OH is 3. The molecule has 0 radical (unpaired) electrons. The van der Waals surface area contributed by atoms with Gasteiger partial charge in [0, 0.05) is 26.2 Å². The SMILES string of the molecule is CC(C)(C)O.OCc1ccccc1.OCc1ccccc1.OCc1ccccc1.[Zr]. The van der Waals surface area contributed by atoms with Gasteiger partial charge in [0.25, 0.3) is 0 Å². The maximum atomic E-state index is 8.54. The first-order chi connectivity index (χ1) is 13.8. The number of rotatable bonds is 3. The van der Waals surface area contributed by atoms with E-state index >= 15 is 0 Å². The third kappa shape index (κ3) is 21.1. The first-order valence-corrected chi connectivity index (χ1v) is 9.47. The average Bonchev–Trinajstić information content (AvgIpc) is 2.75. The van der Waals surface area contributed by atoms with Gasteiger partial charge < -0.3 is 20.4 Å². The molecular weight excluding hydrogens is 455 g/mol. The fourth-order valence-electron chi connectivity index (χ4n) is 1.75. The molecule has 0 amide bonds. The molecule has 4 nitrogen and oxygen atoms in total. The van der Waals surface area contributed by atoms with Crippen LogP contribution in [0.5, 0.6) is 0 Å². The van der Waals surface area contributed by atoms with E-state index in [1.807, 2.05) is 91.0 Å². The second kappa shape index (κ2) is 19.4. The van der Waals surface area contributed by atoms with Crippen LogP contribution >= 0.6 is 0 Å². The molecule has 3 aromatic rings. The van der Waals surface area contributed by atoms with Crippen molar-refractivity contribution in [3.8, 4) is 0 Å². The van der Waals surface area contributed by atoms with Crippen molar-refractivity contribution in [1.29, 1.82) is 0 Å². The summed E-state index contributed by atoms with van der Waals surface area (Å²) in [5.74, 6) is 0. The molecule has 0 heterocycles. The van der Waals surface area contributed by atoms with Gasteiger partial charge in [-0.25, -0.2) is 0 Å². The molecule has 0 unspecified atom stereocenters. The molecule has 0 bridgehead atoms. The molecule has 3 rings (SSSR count). The van der Waals surface area contributed by atoms with Crippen molar-refractivity contribution in [3.05, 3.63) is 108 Å². The summed E-state index contributed by atoms with van der Waals surface area (Å²) in [7, 11) is 0. The van der Waals surface area contributed by atoms with Gasteiger partial charge in [-0.15, -0.1) is 0 Å². The molecule has 30 heavy (non-hydrogen) atoms. The number of hydrogen-bond acceptors (Lipinski definition) is 4. The summed E-state index contributed by atoms with van der Waals surface area (Å²) in [4.78, 5) is 0. The molecule has 0 aromatic heterocycles. The van der Waals surface area contributed by atoms with E-state index in [-0.39, 0.29) is 46.0 Å². The van der Waals surface area contributed by atoms with Gasteiger partial charge in [-0.3, -0.25) is 0 Å². The fraction of sp³-hybridized carbons (Fsp3) is 0.280.